The van der Waals surface area contributed by atoms with Crippen LogP contribution in [0.4, 0.5) is 0 Å². The molecule has 1 atom stereocenters. The third-order valence-electron chi connectivity index (χ3n) is 3.54. The average molecular weight is 222 g/mol. The van der Waals surface area contributed by atoms with Crippen LogP contribution in [0.3, 0.4) is 0 Å². The van der Waals surface area contributed by atoms with Gasteiger partial charge < -0.3 is 4.74 Å². The van der Waals surface area contributed by atoms with Gasteiger partial charge in [-0.3, -0.25) is 4.79 Å². The normalized spacial score (nSPS) is 28.4. The zero-order valence-electron chi connectivity index (χ0n) is 10.0. The van der Waals surface area contributed by atoms with Gasteiger partial charge in [-0.25, -0.2) is 0 Å². The van der Waals surface area contributed by atoms with Crippen LogP contribution in [-0.2, 0) is 9.53 Å². The highest BCUT2D eigenvalue weighted by atomic mass is 16.5. The molecule has 2 bridgehead atoms. The smallest absolute Gasteiger partial charge is 0.132 e. The van der Waals surface area contributed by atoms with Crippen LogP contribution in [0, 0.1) is 0 Å². The SMILES string of the molecule is O=C1CCCCCC2=CCC(CCCC1)O2. The molecule has 2 aliphatic rings. The fraction of sp³-hybridized carbons (Fsp3) is 0.786. The van der Waals surface area contributed by atoms with Crippen LogP contribution < -0.4 is 0 Å². The van der Waals surface area contributed by atoms with Gasteiger partial charge in [0.15, 0.2) is 0 Å². The van der Waals surface area contributed by atoms with Crippen molar-refractivity contribution in [1.29, 1.82) is 0 Å². The van der Waals surface area contributed by atoms with E-state index in [4.69, 9.17) is 4.74 Å². The minimum atomic E-state index is 0.408. The number of carbonyl (C=O) groups excluding carboxylic acids is 1. The Bertz CT molecular complexity index is 268. The molecule has 0 aromatic rings. The molecule has 0 N–H and O–H groups in total. The van der Waals surface area contributed by atoms with Crippen LogP contribution in [0.25, 0.3) is 0 Å². The van der Waals surface area contributed by atoms with Crippen molar-refractivity contribution in [3.63, 3.8) is 0 Å². The van der Waals surface area contributed by atoms with Crippen molar-refractivity contribution in [3.8, 4) is 0 Å². The maximum Gasteiger partial charge on any atom is 0.132 e. The maximum absolute atomic E-state index is 11.5. The first-order chi connectivity index (χ1) is 7.84. The Labute approximate surface area is 98.1 Å². The molecular weight excluding hydrogens is 200 g/mol. The molecule has 2 aliphatic heterocycles. The van der Waals surface area contributed by atoms with Gasteiger partial charge in [0.05, 0.1) is 5.76 Å². The molecular formula is C14H22O2. The predicted octanol–water partition coefficient (Wildman–Crippen LogP) is 3.75. The quantitative estimate of drug-likeness (QED) is 0.624. The molecule has 1 fully saturated rings. The minimum Gasteiger partial charge on any atom is -0.495 e. The van der Waals surface area contributed by atoms with Crippen molar-refractivity contribution >= 4 is 5.78 Å². The molecule has 2 nitrogen and oxygen atoms in total. The third-order valence-corrected chi connectivity index (χ3v) is 3.54. The van der Waals surface area contributed by atoms with E-state index in [1.165, 1.54) is 12.2 Å². The summed E-state index contributed by atoms with van der Waals surface area (Å²) in [7, 11) is 0. The fourth-order valence-corrected chi connectivity index (χ4v) is 2.53. The molecule has 1 saturated heterocycles. The van der Waals surface area contributed by atoms with Crippen molar-refractivity contribution in [1.82, 2.24) is 0 Å². The molecule has 2 heterocycles. The Morgan fingerprint density at radius 1 is 1.00 bits per heavy atom. The zero-order valence-corrected chi connectivity index (χ0v) is 10.0. The van der Waals surface area contributed by atoms with Crippen molar-refractivity contribution in [2.24, 2.45) is 0 Å². The Morgan fingerprint density at radius 2 is 1.75 bits per heavy atom. The first-order valence-electron chi connectivity index (χ1n) is 6.72. The molecule has 0 aromatic carbocycles. The molecule has 0 saturated carbocycles. The summed E-state index contributed by atoms with van der Waals surface area (Å²) in [5.41, 5.74) is 0. The molecule has 0 aliphatic carbocycles. The average Bonchev–Trinajstić information content (AvgIpc) is 2.72. The van der Waals surface area contributed by atoms with E-state index in [0.29, 0.717) is 11.9 Å². The zero-order chi connectivity index (χ0) is 11.2. The van der Waals surface area contributed by atoms with Gasteiger partial charge in [0.25, 0.3) is 0 Å². The number of ketones is 1. The summed E-state index contributed by atoms with van der Waals surface area (Å²) < 4.78 is 5.88. The number of carbonyl (C=O) groups is 1. The second kappa shape index (κ2) is 6.07. The summed E-state index contributed by atoms with van der Waals surface area (Å²) in [6, 6.07) is 0. The van der Waals surface area contributed by atoms with E-state index in [1.807, 2.05) is 0 Å². The summed E-state index contributed by atoms with van der Waals surface area (Å²) in [5.74, 6) is 1.67. The number of Topliss-reactive ketones (excluding diaryl/α,β-unsaturated/α-hetero) is 1. The fourth-order valence-electron chi connectivity index (χ4n) is 2.53. The summed E-state index contributed by atoms with van der Waals surface area (Å²) in [6.45, 7) is 0. The number of allylic oxidation sites excluding steroid dienone is 1. The maximum atomic E-state index is 11.5. The van der Waals surface area contributed by atoms with Gasteiger partial charge in [-0.15, -0.1) is 0 Å². The predicted molar refractivity (Wildman–Crippen MR) is 64.1 cm³/mol. The number of fused-ring (bicyclic) bond motifs is 2. The lowest BCUT2D eigenvalue weighted by Crippen LogP contribution is -2.06. The Morgan fingerprint density at radius 3 is 2.62 bits per heavy atom. The summed E-state index contributed by atoms with van der Waals surface area (Å²) in [6.07, 6.45) is 13.1. The van der Waals surface area contributed by atoms with E-state index in [-0.39, 0.29) is 0 Å². The molecule has 90 valence electrons. The van der Waals surface area contributed by atoms with Gasteiger partial charge in [0.2, 0.25) is 0 Å². The van der Waals surface area contributed by atoms with Crippen LogP contribution >= 0.6 is 0 Å². The van der Waals surface area contributed by atoms with Gasteiger partial charge in [-0.2, -0.15) is 0 Å². The number of hydrogen-bond acceptors (Lipinski definition) is 2. The first-order valence-corrected chi connectivity index (χ1v) is 6.72. The standard InChI is InChI=1S/C14H22O2/c15-12-6-2-1-3-8-13-10-11-14(16-13)9-5-4-7-12/h10,14H,1-9,11H2. The lowest BCUT2D eigenvalue weighted by atomic mass is 10.0. The Hall–Kier alpha value is -0.790. The topological polar surface area (TPSA) is 26.3 Å². The van der Waals surface area contributed by atoms with Crippen LogP contribution in [0.5, 0.6) is 0 Å². The molecule has 0 spiro atoms. The van der Waals surface area contributed by atoms with Gasteiger partial charge in [0.1, 0.15) is 11.9 Å². The van der Waals surface area contributed by atoms with E-state index in [1.54, 1.807) is 0 Å². The Kier molecular flexibility index (Phi) is 4.44. The van der Waals surface area contributed by atoms with Crippen molar-refractivity contribution in [2.75, 3.05) is 0 Å². The molecule has 0 aromatic heterocycles. The molecule has 2 heteroatoms. The molecule has 0 amide bonds. The van der Waals surface area contributed by atoms with E-state index >= 15 is 0 Å². The van der Waals surface area contributed by atoms with Crippen molar-refractivity contribution in [2.45, 2.75) is 70.3 Å². The van der Waals surface area contributed by atoms with E-state index in [2.05, 4.69) is 6.08 Å². The lowest BCUT2D eigenvalue weighted by Gasteiger charge is -2.12. The number of rotatable bonds is 0. The van der Waals surface area contributed by atoms with Crippen LogP contribution in [-0.4, -0.2) is 11.9 Å². The van der Waals surface area contributed by atoms with Gasteiger partial charge >= 0.3 is 0 Å². The minimum absolute atomic E-state index is 0.408. The monoisotopic (exact) mass is 222 g/mol. The molecule has 1 unspecified atom stereocenters. The summed E-state index contributed by atoms with van der Waals surface area (Å²) in [5, 5.41) is 0. The van der Waals surface area contributed by atoms with E-state index in [0.717, 1.165) is 57.8 Å². The van der Waals surface area contributed by atoms with E-state index in [9.17, 15) is 4.79 Å². The van der Waals surface area contributed by atoms with Gasteiger partial charge in [0, 0.05) is 25.7 Å². The second-order valence-electron chi connectivity index (χ2n) is 4.99. The number of hydrogen-bond donors (Lipinski definition) is 0. The third kappa shape index (κ3) is 3.66. The largest absolute Gasteiger partial charge is 0.495 e. The molecule has 0 radical (unpaired) electrons. The van der Waals surface area contributed by atoms with Gasteiger partial charge in [-0.1, -0.05) is 6.42 Å². The highest BCUT2D eigenvalue weighted by Crippen LogP contribution is 2.26. The summed E-state index contributed by atoms with van der Waals surface area (Å²) in [4.78, 5) is 11.5. The number of ether oxygens (including phenoxy) is 1. The first kappa shape index (κ1) is 11.7. The van der Waals surface area contributed by atoms with Crippen molar-refractivity contribution < 1.29 is 9.53 Å². The molecule has 2 rings (SSSR count). The van der Waals surface area contributed by atoms with Crippen LogP contribution in [0.2, 0.25) is 0 Å². The highest BCUT2D eigenvalue weighted by molar-refractivity contribution is 5.78. The van der Waals surface area contributed by atoms with Gasteiger partial charge in [-0.05, 0) is 38.2 Å². The molecule has 16 heavy (non-hydrogen) atoms. The van der Waals surface area contributed by atoms with Crippen LogP contribution in [0.15, 0.2) is 11.8 Å². The highest BCUT2D eigenvalue weighted by Gasteiger charge is 2.17. The van der Waals surface area contributed by atoms with Crippen molar-refractivity contribution in [3.05, 3.63) is 11.8 Å². The lowest BCUT2D eigenvalue weighted by molar-refractivity contribution is -0.119. The van der Waals surface area contributed by atoms with Crippen LogP contribution in [0.1, 0.15) is 64.2 Å². The summed E-state index contributed by atoms with van der Waals surface area (Å²) >= 11 is 0. The Balaban J connectivity index is 1.81. The van der Waals surface area contributed by atoms with E-state index < -0.39 is 0 Å². The second-order valence-corrected chi connectivity index (χ2v) is 4.99.